The molecule has 28 heavy (non-hydrogen) atoms. The highest BCUT2D eigenvalue weighted by Crippen LogP contribution is 2.26. The maximum atomic E-state index is 12.0. The van der Waals surface area contributed by atoms with Gasteiger partial charge in [-0.15, -0.1) is 0 Å². The van der Waals surface area contributed by atoms with E-state index in [1.165, 1.54) is 37.9 Å². The van der Waals surface area contributed by atoms with Gasteiger partial charge >= 0.3 is 6.03 Å². The lowest BCUT2D eigenvalue weighted by Gasteiger charge is -2.39. The summed E-state index contributed by atoms with van der Waals surface area (Å²) >= 11 is 0. The molecule has 2 heterocycles. The van der Waals surface area contributed by atoms with E-state index in [0.29, 0.717) is 19.0 Å². The van der Waals surface area contributed by atoms with Gasteiger partial charge in [0.2, 0.25) is 5.91 Å². The Morgan fingerprint density at radius 1 is 0.893 bits per heavy atom. The Morgan fingerprint density at radius 3 is 2.18 bits per heavy atom. The first-order valence-electron chi connectivity index (χ1n) is 10.5. The number of nitrogens with one attached hydrogen (secondary N) is 1. The fourth-order valence-corrected chi connectivity index (χ4v) is 4.58. The SMILES string of the molecule is N[C@H]1CC[C@H](CN2CCN(c3ccc(N4CCC(=O)NC4=O)cc3)CC2)CC1. The molecule has 3 amide bonds. The summed E-state index contributed by atoms with van der Waals surface area (Å²) in [6, 6.07) is 8.20. The molecule has 1 saturated carbocycles. The Balaban J connectivity index is 1.28. The second-order valence-electron chi connectivity index (χ2n) is 8.34. The van der Waals surface area contributed by atoms with Crippen molar-refractivity contribution in [2.24, 2.45) is 11.7 Å². The fraction of sp³-hybridized carbons (Fsp3) is 0.619. The monoisotopic (exact) mass is 385 g/mol. The molecule has 7 nitrogen and oxygen atoms in total. The van der Waals surface area contributed by atoms with Gasteiger partial charge in [0.25, 0.3) is 0 Å². The maximum absolute atomic E-state index is 12.0. The number of benzene rings is 1. The molecule has 7 heteroatoms. The second-order valence-corrected chi connectivity index (χ2v) is 8.34. The van der Waals surface area contributed by atoms with Crippen LogP contribution in [0.25, 0.3) is 0 Å². The lowest BCUT2D eigenvalue weighted by molar-refractivity contribution is -0.120. The van der Waals surface area contributed by atoms with E-state index >= 15 is 0 Å². The first-order valence-corrected chi connectivity index (χ1v) is 10.5. The molecule has 3 fully saturated rings. The lowest BCUT2D eigenvalue weighted by Crippen LogP contribution is -2.49. The number of hydrogen-bond acceptors (Lipinski definition) is 5. The van der Waals surface area contributed by atoms with Crippen LogP contribution in [0.2, 0.25) is 0 Å². The Morgan fingerprint density at radius 2 is 1.54 bits per heavy atom. The van der Waals surface area contributed by atoms with E-state index in [4.69, 9.17) is 5.73 Å². The maximum Gasteiger partial charge on any atom is 0.328 e. The number of amides is 3. The van der Waals surface area contributed by atoms with Crippen molar-refractivity contribution in [3.8, 4) is 0 Å². The van der Waals surface area contributed by atoms with E-state index in [9.17, 15) is 9.59 Å². The zero-order chi connectivity index (χ0) is 19.5. The topological polar surface area (TPSA) is 81.9 Å². The summed E-state index contributed by atoms with van der Waals surface area (Å²) in [4.78, 5) is 29.9. The fourth-order valence-electron chi connectivity index (χ4n) is 4.58. The summed E-state index contributed by atoms with van der Waals surface area (Å²) in [7, 11) is 0. The number of piperazine rings is 1. The molecule has 3 N–H and O–H groups in total. The van der Waals surface area contributed by atoms with E-state index < -0.39 is 0 Å². The smallest absolute Gasteiger partial charge is 0.328 e. The molecule has 3 aliphatic rings. The molecule has 0 spiro atoms. The first-order chi connectivity index (χ1) is 13.6. The highest BCUT2D eigenvalue weighted by Gasteiger charge is 2.25. The van der Waals surface area contributed by atoms with Gasteiger partial charge < -0.3 is 10.6 Å². The molecule has 4 rings (SSSR count). The van der Waals surface area contributed by atoms with Crippen molar-refractivity contribution in [3.05, 3.63) is 24.3 Å². The van der Waals surface area contributed by atoms with Crippen molar-refractivity contribution in [1.82, 2.24) is 10.2 Å². The molecule has 0 radical (unpaired) electrons. The number of carbonyl (C=O) groups is 2. The Hall–Kier alpha value is -2.12. The van der Waals surface area contributed by atoms with Gasteiger partial charge in [0.1, 0.15) is 0 Å². The van der Waals surface area contributed by atoms with Crippen LogP contribution in [-0.4, -0.2) is 62.1 Å². The van der Waals surface area contributed by atoms with Crippen molar-refractivity contribution in [2.75, 3.05) is 49.1 Å². The Bertz CT molecular complexity index is 691. The van der Waals surface area contributed by atoms with Gasteiger partial charge in [-0.1, -0.05) is 0 Å². The predicted molar refractivity (Wildman–Crippen MR) is 111 cm³/mol. The van der Waals surface area contributed by atoms with Gasteiger partial charge in [-0.3, -0.25) is 19.9 Å². The third-order valence-corrected chi connectivity index (χ3v) is 6.36. The standard InChI is InChI=1S/C21H31N5O2/c22-17-3-1-16(2-4-17)15-24-11-13-25(14-12-24)18-5-7-19(8-6-18)26-10-9-20(27)23-21(26)28/h5-8,16-17H,1-4,9-15,22H2,(H,23,27,28)/t16-,17-. The molecule has 0 bridgehead atoms. The molecule has 0 aromatic heterocycles. The minimum absolute atomic E-state index is 0.202. The van der Waals surface area contributed by atoms with E-state index in [1.807, 2.05) is 12.1 Å². The van der Waals surface area contributed by atoms with Crippen LogP contribution in [0.1, 0.15) is 32.1 Å². The first kappa shape index (κ1) is 19.2. The van der Waals surface area contributed by atoms with Crippen LogP contribution < -0.4 is 20.9 Å². The van der Waals surface area contributed by atoms with Crippen molar-refractivity contribution in [2.45, 2.75) is 38.1 Å². The molecule has 0 unspecified atom stereocenters. The number of anilines is 2. The van der Waals surface area contributed by atoms with Crippen molar-refractivity contribution >= 4 is 23.3 Å². The van der Waals surface area contributed by atoms with Crippen molar-refractivity contribution in [1.29, 1.82) is 0 Å². The molecule has 152 valence electrons. The highest BCUT2D eigenvalue weighted by atomic mass is 16.2. The highest BCUT2D eigenvalue weighted by molar-refractivity contribution is 6.05. The second kappa shape index (κ2) is 8.49. The van der Waals surface area contributed by atoms with Crippen molar-refractivity contribution in [3.63, 3.8) is 0 Å². The average molecular weight is 386 g/mol. The minimum Gasteiger partial charge on any atom is -0.369 e. The van der Waals surface area contributed by atoms with Gasteiger partial charge in [-0.25, -0.2) is 4.79 Å². The Labute approximate surface area is 166 Å². The van der Waals surface area contributed by atoms with Gasteiger partial charge in [0.15, 0.2) is 0 Å². The zero-order valence-corrected chi connectivity index (χ0v) is 16.5. The summed E-state index contributed by atoms with van der Waals surface area (Å²) in [6.45, 7) is 5.91. The third kappa shape index (κ3) is 4.47. The number of nitrogens with zero attached hydrogens (tertiary/aromatic N) is 3. The van der Waals surface area contributed by atoms with Crippen LogP contribution in [0.3, 0.4) is 0 Å². The summed E-state index contributed by atoms with van der Waals surface area (Å²) in [5.74, 6) is 0.611. The molecular weight excluding hydrogens is 354 g/mol. The summed E-state index contributed by atoms with van der Waals surface area (Å²) in [5, 5.41) is 2.37. The minimum atomic E-state index is -0.332. The lowest BCUT2D eigenvalue weighted by atomic mass is 9.86. The number of carbonyl (C=O) groups excluding carboxylic acids is 2. The van der Waals surface area contributed by atoms with E-state index in [-0.39, 0.29) is 11.9 Å². The number of urea groups is 1. The molecule has 1 aromatic carbocycles. The van der Waals surface area contributed by atoms with Crippen LogP contribution in [0.5, 0.6) is 0 Å². The van der Waals surface area contributed by atoms with Gasteiger partial charge in [-0.2, -0.15) is 0 Å². The van der Waals surface area contributed by atoms with Crippen LogP contribution in [-0.2, 0) is 4.79 Å². The normalized spacial score (nSPS) is 27.0. The van der Waals surface area contributed by atoms with Gasteiger partial charge in [0, 0.05) is 63.1 Å². The van der Waals surface area contributed by atoms with Crippen molar-refractivity contribution < 1.29 is 9.59 Å². The molecule has 0 atom stereocenters. The summed E-state index contributed by atoms with van der Waals surface area (Å²) < 4.78 is 0. The molecule has 1 aliphatic carbocycles. The quantitative estimate of drug-likeness (QED) is 0.826. The number of nitrogens with two attached hydrogens (primary N) is 1. The van der Waals surface area contributed by atoms with E-state index in [1.54, 1.807) is 4.90 Å². The molecular formula is C21H31N5O2. The number of hydrogen-bond donors (Lipinski definition) is 2. The number of rotatable bonds is 4. The molecule has 1 aromatic rings. The van der Waals surface area contributed by atoms with E-state index in [2.05, 4.69) is 27.2 Å². The zero-order valence-electron chi connectivity index (χ0n) is 16.5. The number of imide groups is 1. The van der Waals surface area contributed by atoms with Gasteiger partial charge in [-0.05, 0) is 55.9 Å². The van der Waals surface area contributed by atoms with Crippen LogP contribution in [0, 0.1) is 5.92 Å². The molecule has 2 aliphatic heterocycles. The molecule has 2 saturated heterocycles. The largest absolute Gasteiger partial charge is 0.369 e. The van der Waals surface area contributed by atoms with Gasteiger partial charge in [0.05, 0.1) is 0 Å². The van der Waals surface area contributed by atoms with E-state index in [0.717, 1.165) is 37.8 Å². The summed E-state index contributed by atoms with van der Waals surface area (Å²) in [6.07, 6.45) is 5.26. The van der Waals surface area contributed by atoms with Crippen LogP contribution in [0.4, 0.5) is 16.2 Å². The Kier molecular flexibility index (Phi) is 5.82. The van der Waals surface area contributed by atoms with Crippen LogP contribution >= 0.6 is 0 Å². The summed E-state index contributed by atoms with van der Waals surface area (Å²) in [5.41, 5.74) is 8.06. The third-order valence-electron chi connectivity index (χ3n) is 6.36. The average Bonchev–Trinajstić information content (AvgIpc) is 2.71. The predicted octanol–water partition coefficient (Wildman–Crippen LogP) is 1.77. The van der Waals surface area contributed by atoms with Crippen LogP contribution in [0.15, 0.2) is 24.3 Å².